The minimum absolute atomic E-state index is 0.0207. The standard InChI is InChI=1S/C12H15F2NO2/c1-7(6-16)15-8(2)12(17)9-3-10(13)5-11(14)4-9/h3-5,7-8,15-16H,6H2,1-2H3/t7-,8+/m1/s1. The molecule has 2 N–H and O–H groups in total. The fourth-order valence-corrected chi connectivity index (χ4v) is 1.50. The van der Waals surface area contributed by atoms with Gasteiger partial charge < -0.3 is 10.4 Å². The van der Waals surface area contributed by atoms with E-state index in [9.17, 15) is 13.6 Å². The van der Waals surface area contributed by atoms with Crippen LogP contribution in [0.3, 0.4) is 0 Å². The van der Waals surface area contributed by atoms with Gasteiger partial charge in [-0.05, 0) is 26.0 Å². The summed E-state index contributed by atoms with van der Waals surface area (Å²) in [6.45, 7) is 3.17. The van der Waals surface area contributed by atoms with Gasteiger partial charge in [-0.1, -0.05) is 0 Å². The molecule has 0 bridgehead atoms. The van der Waals surface area contributed by atoms with Crippen LogP contribution in [-0.2, 0) is 0 Å². The quantitative estimate of drug-likeness (QED) is 0.771. The van der Waals surface area contributed by atoms with Gasteiger partial charge in [-0.15, -0.1) is 0 Å². The van der Waals surface area contributed by atoms with E-state index < -0.39 is 23.5 Å². The number of nitrogens with one attached hydrogen (secondary N) is 1. The van der Waals surface area contributed by atoms with Gasteiger partial charge in [0.05, 0.1) is 12.6 Å². The number of hydrogen-bond donors (Lipinski definition) is 2. The zero-order valence-electron chi connectivity index (χ0n) is 9.71. The van der Waals surface area contributed by atoms with Crippen LogP contribution in [0, 0.1) is 11.6 Å². The summed E-state index contributed by atoms with van der Waals surface area (Å²) in [6.07, 6.45) is 0. The molecule has 17 heavy (non-hydrogen) atoms. The van der Waals surface area contributed by atoms with Crippen LogP contribution in [0.15, 0.2) is 18.2 Å². The number of ketones is 1. The van der Waals surface area contributed by atoms with Crippen LogP contribution in [0.2, 0.25) is 0 Å². The van der Waals surface area contributed by atoms with Crippen molar-refractivity contribution in [1.82, 2.24) is 5.32 Å². The van der Waals surface area contributed by atoms with Crippen molar-refractivity contribution in [2.24, 2.45) is 0 Å². The van der Waals surface area contributed by atoms with Gasteiger partial charge in [-0.3, -0.25) is 4.79 Å². The third-order valence-electron chi connectivity index (χ3n) is 2.35. The van der Waals surface area contributed by atoms with Crippen molar-refractivity contribution in [1.29, 1.82) is 0 Å². The number of carbonyl (C=O) groups is 1. The van der Waals surface area contributed by atoms with Crippen molar-refractivity contribution in [2.75, 3.05) is 6.61 Å². The molecule has 0 amide bonds. The molecular formula is C12H15F2NO2. The first kappa shape index (κ1) is 13.7. The molecule has 94 valence electrons. The van der Waals surface area contributed by atoms with Crippen LogP contribution in [-0.4, -0.2) is 29.6 Å². The molecule has 0 saturated carbocycles. The summed E-state index contributed by atoms with van der Waals surface area (Å²) < 4.78 is 25.9. The zero-order chi connectivity index (χ0) is 13.0. The monoisotopic (exact) mass is 243 g/mol. The maximum absolute atomic E-state index is 12.9. The molecule has 0 radical (unpaired) electrons. The Bertz CT molecular complexity index is 389. The van der Waals surface area contributed by atoms with Gasteiger partial charge in [0, 0.05) is 17.7 Å². The lowest BCUT2D eigenvalue weighted by Crippen LogP contribution is -2.41. The molecule has 0 spiro atoms. The molecule has 0 fully saturated rings. The number of Topliss-reactive ketones (excluding diaryl/α,β-unsaturated/α-hetero) is 1. The number of rotatable bonds is 5. The molecular weight excluding hydrogens is 228 g/mol. The molecule has 1 aromatic rings. The highest BCUT2D eigenvalue weighted by Gasteiger charge is 2.18. The van der Waals surface area contributed by atoms with E-state index in [1.807, 2.05) is 0 Å². The van der Waals surface area contributed by atoms with E-state index in [-0.39, 0.29) is 18.2 Å². The Balaban J connectivity index is 2.81. The molecule has 0 unspecified atom stereocenters. The third kappa shape index (κ3) is 3.87. The fraction of sp³-hybridized carbons (Fsp3) is 0.417. The lowest BCUT2D eigenvalue weighted by atomic mass is 10.0. The van der Waals surface area contributed by atoms with Crippen LogP contribution in [0.25, 0.3) is 0 Å². The normalized spacial score (nSPS) is 14.4. The summed E-state index contributed by atoms with van der Waals surface area (Å²) in [5.41, 5.74) is -0.0207. The highest BCUT2D eigenvalue weighted by molar-refractivity contribution is 5.99. The largest absolute Gasteiger partial charge is 0.395 e. The second kappa shape index (κ2) is 5.84. The number of benzene rings is 1. The Kier molecular flexibility index (Phi) is 4.72. The summed E-state index contributed by atoms with van der Waals surface area (Å²) >= 11 is 0. The van der Waals surface area contributed by atoms with E-state index in [0.29, 0.717) is 6.07 Å². The first-order valence-electron chi connectivity index (χ1n) is 5.31. The van der Waals surface area contributed by atoms with E-state index in [0.717, 1.165) is 12.1 Å². The topological polar surface area (TPSA) is 49.3 Å². The van der Waals surface area contributed by atoms with E-state index in [1.165, 1.54) is 0 Å². The highest BCUT2D eigenvalue weighted by Crippen LogP contribution is 2.10. The molecule has 0 aliphatic rings. The lowest BCUT2D eigenvalue weighted by Gasteiger charge is -2.17. The van der Waals surface area contributed by atoms with Crippen molar-refractivity contribution < 1.29 is 18.7 Å². The van der Waals surface area contributed by atoms with Gasteiger partial charge in [0.2, 0.25) is 0 Å². The first-order chi connectivity index (χ1) is 7.93. The van der Waals surface area contributed by atoms with Crippen molar-refractivity contribution in [2.45, 2.75) is 25.9 Å². The summed E-state index contributed by atoms with van der Waals surface area (Å²) in [5.74, 6) is -1.98. The second-order valence-electron chi connectivity index (χ2n) is 3.99. The van der Waals surface area contributed by atoms with Crippen molar-refractivity contribution >= 4 is 5.78 Å². The number of aliphatic hydroxyl groups excluding tert-OH is 1. The minimum atomic E-state index is -0.782. The second-order valence-corrected chi connectivity index (χ2v) is 3.99. The number of carbonyl (C=O) groups excluding carboxylic acids is 1. The van der Waals surface area contributed by atoms with Crippen LogP contribution in [0.4, 0.5) is 8.78 Å². The molecule has 5 heteroatoms. The molecule has 0 aliphatic carbocycles. The zero-order valence-corrected chi connectivity index (χ0v) is 9.71. The molecule has 0 aliphatic heterocycles. The molecule has 1 aromatic carbocycles. The Labute approximate surface area is 98.5 Å². The van der Waals surface area contributed by atoms with Crippen LogP contribution in [0.1, 0.15) is 24.2 Å². The van der Waals surface area contributed by atoms with Gasteiger partial charge in [0.15, 0.2) is 5.78 Å². The lowest BCUT2D eigenvalue weighted by molar-refractivity contribution is 0.0938. The molecule has 0 aromatic heterocycles. The van der Waals surface area contributed by atoms with E-state index in [4.69, 9.17) is 5.11 Å². The Morgan fingerprint density at radius 3 is 2.29 bits per heavy atom. The summed E-state index contributed by atoms with van der Waals surface area (Å²) in [7, 11) is 0. The summed E-state index contributed by atoms with van der Waals surface area (Å²) in [5, 5.41) is 11.7. The average Bonchev–Trinajstić information content (AvgIpc) is 2.26. The predicted molar refractivity (Wildman–Crippen MR) is 59.8 cm³/mol. The highest BCUT2D eigenvalue weighted by atomic mass is 19.1. The van der Waals surface area contributed by atoms with Crippen LogP contribution < -0.4 is 5.32 Å². The van der Waals surface area contributed by atoms with Gasteiger partial charge in [-0.25, -0.2) is 8.78 Å². The van der Waals surface area contributed by atoms with Gasteiger partial charge in [0.1, 0.15) is 11.6 Å². The van der Waals surface area contributed by atoms with E-state index in [2.05, 4.69) is 5.32 Å². The smallest absolute Gasteiger partial charge is 0.179 e. The van der Waals surface area contributed by atoms with E-state index in [1.54, 1.807) is 13.8 Å². The molecule has 0 saturated heterocycles. The number of hydrogen-bond acceptors (Lipinski definition) is 3. The number of aliphatic hydroxyl groups is 1. The Morgan fingerprint density at radius 2 is 1.82 bits per heavy atom. The van der Waals surface area contributed by atoms with Gasteiger partial charge in [-0.2, -0.15) is 0 Å². The first-order valence-corrected chi connectivity index (χ1v) is 5.31. The fourth-order valence-electron chi connectivity index (χ4n) is 1.50. The summed E-state index contributed by atoms with van der Waals surface area (Å²) in [6, 6.07) is 1.83. The van der Waals surface area contributed by atoms with Crippen LogP contribution >= 0.6 is 0 Å². The van der Waals surface area contributed by atoms with Crippen LogP contribution in [0.5, 0.6) is 0 Å². The SMILES string of the molecule is C[C@H](CO)N[C@@H](C)C(=O)c1cc(F)cc(F)c1. The Hall–Kier alpha value is -1.33. The van der Waals surface area contributed by atoms with Crippen molar-refractivity contribution in [3.05, 3.63) is 35.4 Å². The predicted octanol–water partition coefficient (Wildman–Crippen LogP) is 1.51. The van der Waals surface area contributed by atoms with Crippen molar-refractivity contribution in [3.8, 4) is 0 Å². The summed E-state index contributed by atoms with van der Waals surface area (Å²) in [4.78, 5) is 11.8. The Morgan fingerprint density at radius 1 is 1.29 bits per heavy atom. The maximum atomic E-state index is 12.9. The van der Waals surface area contributed by atoms with Gasteiger partial charge in [0.25, 0.3) is 0 Å². The van der Waals surface area contributed by atoms with Gasteiger partial charge >= 0.3 is 0 Å². The average molecular weight is 243 g/mol. The molecule has 1 rings (SSSR count). The molecule has 2 atom stereocenters. The third-order valence-corrected chi connectivity index (χ3v) is 2.35. The molecule has 3 nitrogen and oxygen atoms in total. The van der Waals surface area contributed by atoms with Crippen molar-refractivity contribution in [3.63, 3.8) is 0 Å². The minimum Gasteiger partial charge on any atom is -0.395 e. The number of halogens is 2. The molecule has 0 heterocycles. The maximum Gasteiger partial charge on any atom is 0.179 e. The van der Waals surface area contributed by atoms with E-state index >= 15 is 0 Å².